The van der Waals surface area contributed by atoms with E-state index in [1.54, 1.807) is 36.5 Å². The van der Waals surface area contributed by atoms with Gasteiger partial charge in [0.2, 0.25) is 5.91 Å². The number of halogens is 1. The van der Waals surface area contributed by atoms with Crippen molar-refractivity contribution in [2.75, 3.05) is 11.9 Å². The lowest BCUT2D eigenvalue weighted by Gasteiger charge is -2.12. The molecule has 0 saturated carbocycles. The number of carbonyl (C=O) groups is 3. The van der Waals surface area contributed by atoms with Gasteiger partial charge in [0, 0.05) is 28.3 Å². The van der Waals surface area contributed by atoms with E-state index in [1.165, 1.54) is 0 Å². The monoisotopic (exact) mass is 466 g/mol. The molecular formula is C23H19ClN4O3S. The second-order valence-corrected chi connectivity index (χ2v) is 8.61. The average Bonchev–Trinajstić information content (AvgIpc) is 3.18. The number of imide groups is 1. The molecule has 9 heteroatoms. The van der Waals surface area contributed by atoms with Crippen LogP contribution in [0.25, 0.3) is 11.9 Å². The summed E-state index contributed by atoms with van der Waals surface area (Å²) in [6.45, 7) is 3.50. The molecule has 0 atom stereocenters. The molecule has 0 bridgehead atoms. The zero-order chi connectivity index (χ0) is 22.8. The molecule has 32 heavy (non-hydrogen) atoms. The number of nitrogens with zero attached hydrogens (tertiary/aromatic N) is 3. The van der Waals surface area contributed by atoms with Crippen LogP contribution in [0.2, 0.25) is 5.02 Å². The zero-order valence-corrected chi connectivity index (χ0v) is 18.9. The van der Waals surface area contributed by atoms with Gasteiger partial charge in [-0.15, -0.1) is 0 Å². The standard InChI is InChI=1S/C23H19ClN4O3S/c1-14-10-16(15(2)28(14)20-8-3-4-9-25-20)11-19-22(30)27(23(31)32-19)13-21(29)26-18-7-5-6-17(24)12-18/h3-12H,13H2,1-2H3,(H,26,29)/b19-11-. The number of hydrogen-bond acceptors (Lipinski definition) is 5. The van der Waals surface area contributed by atoms with Crippen LogP contribution in [0.5, 0.6) is 0 Å². The van der Waals surface area contributed by atoms with Gasteiger partial charge >= 0.3 is 0 Å². The summed E-state index contributed by atoms with van der Waals surface area (Å²) in [6.07, 6.45) is 3.40. The van der Waals surface area contributed by atoms with Crippen molar-refractivity contribution in [3.8, 4) is 5.82 Å². The van der Waals surface area contributed by atoms with E-state index < -0.39 is 17.1 Å². The molecule has 162 valence electrons. The number of thioether (sulfide) groups is 1. The predicted molar refractivity (Wildman–Crippen MR) is 126 cm³/mol. The summed E-state index contributed by atoms with van der Waals surface area (Å²) in [5.74, 6) is -0.207. The Morgan fingerprint density at radius 1 is 1.16 bits per heavy atom. The maximum atomic E-state index is 12.8. The Morgan fingerprint density at radius 2 is 1.97 bits per heavy atom. The van der Waals surface area contributed by atoms with Gasteiger partial charge in [-0.25, -0.2) is 4.98 Å². The van der Waals surface area contributed by atoms with Gasteiger partial charge in [-0.3, -0.25) is 19.3 Å². The van der Waals surface area contributed by atoms with Crippen molar-refractivity contribution < 1.29 is 14.4 Å². The van der Waals surface area contributed by atoms with E-state index in [2.05, 4.69) is 10.3 Å². The highest BCUT2D eigenvalue weighted by atomic mass is 35.5. The SMILES string of the molecule is Cc1cc(/C=C2\SC(=O)N(CC(=O)Nc3cccc(Cl)c3)C2=O)c(C)n1-c1ccccn1. The largest absolute Gasteiger partial charge is 0.324 e. The normalized spacial score (nSPS) is 15.0. The summed E-state index contributed by atoms with van der Waals surface area (Å²) in [5.41, 5.74) is 3.15. The van der Waals surface area contributed by atoms with Gasteiger partial charge in [0.15, 0.2) is 0 Å². The van der Waals surface area contributed by atoms with Crippen LogP contribution in [0.4, 0.5) is 10.5 Å². The lowest BCUT2D eigenvalue weighted by atomic mass is 10.2. The van der Waals surface area contributed by atoms with Crippen LogP contribution in [-0.4, -0.2) is 38.0 Å². The Hall–Kier alpha value is -3.36. The number of anilines is 1. The highest BCUT2D eigenvalue weighted by molar-refractivity contribution is 8.18. The van der Waals surface area contributed by atoms with E-state index in [4.69, 9.17) is 11.6 Å². The van der Waals surface area contributed by atoms with E-state index in [9.17, 15) is 14.4 Å². The molecule has 3 amide bonds. The Labute approximate surface area is 194 Å². The van der Waals surface area contributed by atoms with Crippen molar-refractivity contribution in [3.05, 3.63) is 81.6 Å². The molecular weight excluding hydrogens is 448 g/mol. The van der Waals surface area contributed by atoms with Crippen molar-refractivity contribution in [1.82, 2.24) is 14.5 Å². The minimum atomic E-state index is -0.496. The maximum Gasteiger partial charge on any atom is 0.294 e. The van der Waals surface area contributed by atoms with Crippen LogP contribution < -0.4 is 5.32 Å². The van der Waals surface area contributed by atoms with Gasteiger partial charge in [-0.1, -0.05) is 23.7 Å². The molecule has 0 spiro atoms. The molecule has 1 fully saturated rings. The fourth-order valence-electron chi connectivity index (χ4n) is 3.46. The summed E-state index contributed by atoms with van der Waals surface area (Å²) in [6, 6.07) is 14.2. The zero-order valence-electron chi connectivity index (χ0n) is 17.3. The number of benzene rings is 1. The Bertz CT molecular complexity index is 1250. The van der Waals surface area contributed by atoms with E-state index in [0.717, 1.165) is 39.4 Å². The Morgan fingerprint density at radius 3 is 2.69 bits per heavy atom. The average molecular weight is 467 g/mol. The van der Waals surface area contributed by atoms with E-state index in [-0.39, 0.29) is 11.4 Å². The lowest BCUT2D eigenvalue weighted by molar-refractivity contribution is -0.127. The molecule has 1 aliphatic rings. The van der Waals surface area contributed by atoms with E-state index in [1.807, 2.05) is 42.7 Å². The second kappa shape index (κ2) is 9.02. The number of hydrogen-bond donors (Lipinski definition) is 1. The van der Waals surface area contributed by atoms with Crippen LogP contribution in [0.3, 0.4) is 0 Å². The Balaban J connectivity index is 1.52. The molecule has 4 rings (SSSR count). The third kappa shape index (κ3) is 4.46. The number of nitrogens with one attached hydrogen (secondary N) is 1. The van der Waals surface area contributed by atoms with Crippen molar-refractivity contribution in [2.24, 2.45) is 0 Å². The van der Waals surface area contributed by atoms with Crippen LogP contribution in [0.15, 0.2) is 59.6 Å². The van der Waals surface area contributed by atoms with Gasteiger partial charge in [0.1, 0.15) is 12.4 Å². The molecule has 1 saturated heterocycles. The van der Waals surface area contributed by atoms with Crippen molar-refractivity contribution in [1.29, 1.82) is 0 Å². The smallest absolute Gasteiger partial charge is 0.294 e. The van der Waals surface area contributed by atoms with Crippen molar-refractivity contribution in [2.45, 2.75) is 13.8 Å². The van der Waals surface area contributed by atoms with E-state index >= 15 is 0 Å². The molecule has 0 aliphatic carbocycles. The molecule has 0 unspecified atom stereocenters. The highest BCUT2D eigenvalue weighted by Crippen LogP contribution is 2.33. The summed E-state index contributed by atoms with van der Waals surface area (Å²) >= 11 is 6.74. The van der Waals surface area contributed by atoms with Gasteiger partial charge in [-0.2, -0.15) is 0 Å². The minimum absolute atomic E-state index is 0.270. The fourth-order valence-corrected chi connectivity index (χ4v) is 4.48. The summed E-state index contributed by atoms with van der Waals surface area (Å²) in [4.78, 5) is 43.2. The predicted octanol–water partition coefficient (Wildman–Crippen LogP) is 4.82. The van der Waals surface area contributed by atoms with Crippen LogP contribution in [0.1, 0.15) is 17.0 Å². The topological polar surface area (TPSA) is 84.3 Å². The number of amides is 3. The van der Waals surface area contributed by atoms with Gasteiger partial charge in [0.25, 0.3) is 11.1 Å². The van der Waals surface area contributed by atoms with Gasteiger partial charge < -0.3 is 9.88 Å². The number of carbonyl (C=O) groups excluding carboxylic acids is 3. The van der Waals surface area contributed by atoms with Crippen molar-refractivity contribution in [3.63, 3.8) is 0 Å². The lowest BCUT2D eigenvalue weighted by Crippen LogP contribution is -2.36. The van der Waals surface area contributed by atoms with Gasteiger partial charge in [0.05, 0.1) is 4.91 Å². The molecule has 3 aromatic rings. The molecule has 7 nitrogen and oxygen atoms in total. The molecule has 1 N–H and O–H groups in total. The van der Waals surface area contributed by atoms with Crippen LogP contribution in [0, 0.1) is 13.8 Å². The second-order valence-electron chi connectivity index (χ2n) is 7.18. The van der Waals surface area contributed by atoms with E-state index in [0.29, 0.717) is 10.7 Å². The first-order valence-corrected chi connectivity index (χ1v) is 10.9. The Kier molecular flexibility index (Phi) is 6.16. The first kappa shape index (κ1) is 21.9. The number of aromatic nitrogens is 2. The highest BCUT2D eigenvalue weighted by Gasteiger charge is 2.36. The fraction of sp³-hybridized carbons (Fsp3) is 0.130. The molecule has 3 heterocycles. The van der Waals surface area contributed by atoms with Gasteiger partial charge in [-0.05, 0) is 73.6 Å². The number of aryl methyl sites for hydroxylation is 1. The first-order valence-electron chi connectivity index (χ1n) is 9.74. The number of pyridine rings is 1. The van der Waals surface area contributed by atoms with Crippen LogP contribution >= 0.6 is 23.4 Å². The molecule has 2 aromatic heterocycles. The quantitative estimate of drug-likeness (QED) is 0.545. The summed E-state index contributed by atoms with van der Waals surface area (Å²) < 4.78 is 1.98. The first-order chi connectivity index (χ1) is 15.3. The number of rotatable bonds is 5. The summed E-state index contributed by atoms with van der Waals surface area (Å²) in [7, 11) is 0. The van der Waals surface area contributed by atoms with Crippen LogP contribution in [-0.2, 0) is 9.59 Å². The molecule has 1 aliphatic heterocycles. The minimum Gasteiger partial charge on any atom is -0.324 e. The third-order valence-corrected chi connectivity index (χ3v) is 6.06. The third-order valence-electron chi connectivity index (χ3n) is 4.92. The van der Waals surface area contributed by atoms with Crippen molar-refractivity contribution >= 4 is 52.2 Å². The maximum absolute atomic E-state index is 12.8. The molecule has 0 radical (unpaired) electrons. The summed E-state index contributed by atoms with van der Waals surface area (Å²) in [5, 5.41) is 2.63. The molecule has 1 aromatic carbocycles.